The van der Waals surface area contributed by atoms with Crippen LogP contribution in [-0.4, -0.2) is 21.5 Å². The summed E-state index contributed by atoms with van der Waals surface area (Å²) >= 11 is 5.88. The van der Waals surface area contributed by atoms with Crippen LogP contribution in [0, 0.1) is 6.92 Å². The molecule has 1 aromatic heterocycles. The molecule has 4 nitrogen and oxygen atoms in total. The smallest absolute Gasteiger partial charge is 0.387 e. The number of aromatic nitrogens is 2. The van der Waals surface area contributed by atoms with Gasteiger partial charge in [0.2, 0.25) is 0 Å². The highest BCUT2D eigenvalue weighted by molar-refractivity contribution is 6.31. The van der Waals surface area contributed by atoms with Gasteiger partial charge in [-0.15, -0.1) is 0 Å². The number of alkyl halides is 2. The Hall–Kier alpha value is -1.66. The first-order valence-corrected chi connectivity index (χ1v) is 6.26. The lowest BCUT2D eigenvalue weighted by atomic mass is 10.1. The van der Waals surface area contributed by atoms with Crippen LogP contribution in [0.5, 0.6) is 5.75 Å². The van der Waals surface area contributed by atoms with Gasteiger partial charge >= 0.3 is 6.61 Å². The van der Waals surface area contributed by atoms with E-state index in [-0.39, 0.29) is 12.3 Å². The Balaban J connectivity index is 2.05. The molecule has 20 heavy (non-hydrogen) atoms. The van der Waals surface area contributed by atoms with Gasteiger partial charge in [0.15, 0.2) is 0 Å². The normalized spacial score (nSPS) is 12.7. The second kappa shape index (κ2) is 6.19. The highest BCUT2D eigenvalue weighted by atomic mass is 35.5. The number of halogens is 3. The van der Waals surface area contributed by atoms with E-state index >= 15 is 0 Å². The van der Waals surface area contributed by atoms with Crippen LogP contribution in [-0.2, 0) is 6.54 Å². The molecule has 0 aliphatic heterocycles. The summed E-state index contributed by atoms with van der Waals surface area (Å²) in [7, 11) is 0. The molecule has 0 aliphatic carbocycles. The number of aliphatic hydroxyl groups is 1. The van der Waals surface area contributed by atoms with Crippen LogP contribution < -0.4 is 4.74 Å². The topological polar surface area (TPSA) is 47.3 Å². The number of nitrogens with zero attached hydrogens (tertiary/aromatic N) is 2. The molecule has 0 saturated carbocycles. The summed E-state index contributed by atoms with van der Waals surface area (Å²) in [6.07, 6.45) is 0.689. The third kappa shape index (κ3) is 3.46. The van der Waals surface area contributed by atoms with Gasteiger partial charge in [-0.05, 0) is 24.6 Å². The Morgan fingerprint density at radius 2 is 2.00 bits per heavy atom. The summed E-state index contributed by atoms with van der Waals surface area (Å²) in [5.74, 6) is 0.0502. The maximum Gasteiger partial charge on any atom is 0.387 e. The zero-order chi connectivity index (χ0) is 14.7. The van der Waals surface area contributed by atoms with Crippen LogP contribution in [0.15, 0.2) is 30.5 Å². The molecule has 1 atom stereocenters. The number of hydrogen-bond donors (Lipinski definition) is 1. The fraction of sp³-hybridized carbons (Fsp3) is 0.308. The Labute approximate surface area is 119 Å². The molecule has 0 amide bonds. The van der Waals surface area contributed by atoms with Crippen LogP contribution in [0.3, 0.4) is 0 Å². The van der Waals surface area contributed by atoms with Crippen molar-refractivity contribution in [1.29, 1.82) is 0 Å². The highest BCUT2D eigenvalue weighted by Crippen LogP contribution is 2.22. The predicted octanol–water partition coefficient (Wildman–Crippen LogP) is 3.18. The van der Waals surface area contributed by atoms with Crippen LogP contribution in [0.2, 0.25) is 5.02 Å². The van der Waals surface area contributed by atoms with Gasteiger partial charge in [0, 0.05) is 0 Å². The van der Waals surface area contributed by atoms with Crippen molar-refractivity contribution in [2.45, 2.75) is 26.2 Å². The van der Waals surface area contributed by atoms with Crippen molar-refractivity contribution in [2.75, 3.05) is 0 Å². The van der Waals surface area contributed by atoms with Gasteiger partial charge in [0.1, 0.15) is 5.75 Å². The number of benzene rings is 1. The molecule has 108 valence electrons. The minimum atomic E-state index is -2.86. The second-order valence-electron chi connectivity index (χ2n) is 4.22. The SMILES string of the molecule is Cc1c(Cl)cnn1CC(O)c1ccc(OC(F)F)cc1. The Morgan fingerprint density at radius 3 is 2.50 bits per heavy atom. The van der Waals surface area contributed by atoms with E-state index in [1.165, 1.54) is 30.5 Å². The van der Waals surface area contributed by atoms with Crippen LogP contribution in [0.25, 0.3) is 0 Å². The summed E-state index contributed by atoms with van der Waals surface area (Å²) in [5, 5.41) is 14.7. The standard InChI is InChI=1S/C13H13ClF2N2O2/c1-8-11(14)6-17-18(8)7-12(19)9-2-4-10(5-3-9)20-13(15)16/h2-6,12-13,19H,7H2,1H3. The lowest BCUT2D eigenvalue weighted by molar-refractivity contribution is -0.0498. The van der Waals surface area contributed by atoms with Crippen molar-refractivity contribution in [3.8, 4) is 5.75 Å². The van der Waals surface area contributed by atoms with E-state index in [1.54, 1.807) is 11.6 Å². The molecule has 2 aromatic rings. The zero-order valence-electron chi connectivity index (χ0n) is 10.6. The lowest BCUT2D eigenvalue weighted by Crippen LogP contribution is -2.11. The molecule has 0 fully saturated rings. The molecule has 0 aliphatic rings. The first kappa shape index (κ1) is 14.7. The van der Waals surface area contributed by atoms with Gasteiger partial charge in [-0.2, -0.15) is 13.9 Å². The van der Waals surface area contributed by atoms with Crippen LogP contribution >= 0.6 is 11.6 Å². The third-order valence-electron chi connectivity index (χ3n) is 2.88. The van der Waals surface area contributed by atoms with Gasteiger partial charge in [-0.25, -0.2) is 0 Å². The summed E-state index contributed by atoms with van der Waals surface area (Å²) < 4.78 is 29.9. The van der Waals surface area contributed by atoms with Crippen molar-refractivity contribution in [1.82, 2.24) is 9.78 Å². The molecule has 0 saturated heterocycles. The highest BCUT2D eigenvalue weighted by Gasteiger charge is 2.12. The number of aliphatic hydroxyl groups excluding tert-OH is 1. The van der Waals surface area contributed by atoms with Crippen LogP contribution in [0.4, 0.5) is 8.78 Å². The molecule has 1 aromatic carbocycles. The molecule has 0 radical (unpaired) electrons. The molecule has 0 bridgehead atoms. The quantitative estimate of drug-likeness (QED) is 0.923. The molecule has 7 heteroatoms. The first-order valence-electron chi connectivity index (χ1n) is 5.88. The average molecular weight is 303 g/mol. The summed E-state index contributed by atoms with van der Waals surface area (Å²) in [4.78, 5) is 0. The lowest BCUT2D eigenvalue weighted by Gasteiger charge is -2.13. The van der Waals surface area contributed by atoms with E-state index in [0.717, 1.165) is 5.69 Å². The molecule has 0 spiro atoms. The van der Waals surface area contributed by atoms with E-state index in [0.29, 0.717) is 10.6 Å². The number of ether oxygens (including phenoxy) is 1. The van der Waals surface area contributed by atoms with Crippen molar-refractivity contribution in [3.63, 3.8) is 0 Å². The van der Waals surface area contributed by atoms with E-state index in [2.05, 4.69) is 9.84 Å². The van der Waals surface area contributed by atoms with E-state index in [4.69, 9.17) is 11.6 Å². The van der Waals surface area contributed by atoms with Gasteiger partial charge in [0.05, 0.1) is 29.6 Å². The molecular weight excluding hydrogens is 290 g/mol. The third-order valence-corrected chi connectivity index (χ3v) is 3.25. The monoisotopic (exact) mass is 302 g/mol. The summed E-state index contributed by atoms with van der Waals surface area (Å²) in [5.41, 5.74) is 1.33. The zero-order valence-corrected chi connectivity index (χ0v) is 11.4. The maximum absolute atomic E-state index is 12.0. The van der Waals surface area contributed by atoms with Gasteiger partial charge in [0.25, 0.3) is 0 Å². The molecular formula is C13H13ClF2N2O2. The minimum absolute atomic E-state index is 0.0502. The Bertz CT molecular complexity index is 572. The van der Waals surface area contributed by atoms with Gasteiger partial charge < -0.3 is 9.84 Å². The van der Waals surface area contributed by atoms with Crippen molar-refractivity contribution in [2.24, 2.45) is 0 Å². The largest absolute Gasteiger partial charge is 0.435 e. The Kier molecular flexibility index (Phi) is 4.57. The van der Waals surface area contributed by atoms with Gasteiger partial charge in [-0.3, -0.25) is 4.68 Å². The Morgan fingerprint density at radius 1 is 1.35 bits per heavy atom. The van der Waals surface area contributed by atoms with E-state index in [1.807, 2.05) is 0 Å². The van der Waals surface area contributed by atoms with Gasteiger partial charge in [-0.1, -0.05) is 23.7 Å². The van der Waals surface area contributed by atoms with E-state index < -0.39 is 12.7 Å². The fourth-order valence-corrected chi connectivity index (χ4v) is 1.89. The molecule has 2 rings (SSSR count). The number of hydrogen-bond acceptors (Lipinski definition) is 3. The molecule has 1 heterocycles. The van der Waals surface area contributed by atoms with Crippen molar-refractivity contribution >= 4 is 11.6 Å². The predicted molar refractivity (Wildman–Crippen MR) is 70.0 cm³/mol. The second-order valence-corrected chi connectivity index (χ2v) is 4.63. The maximum atomic E-state index is 12.0. The molecule has 1 unspecified atom stereocenters. The first-order chi connectivity index (χ1) is 9.47. The van der Waals surface area contributed by atoms with Crippen LogP contribution in [0.1, 0.15) is 17.4 Å². The van der Waals surface area contributed by atoms with E-state index in [9.17, 15) is 13.9 Å². The fourth-order valence-electron chi connectivity index (χ4n) is 1.75. The summed E-state index contributed by atoms with van der Waals surface area (Å²) in [6, 6.07) is 5.83. The number of rotatable bonds is 5. The van der Waals surface area contributed by atoms with Crippen molar-refractivity contribution < 1.29 is 18.6 Å². The average Bonchev–Trinajstić information content (AvgIpc) is 2.71. The summed E-state index contributed by atoms with van der Waals surface area (Å²) in [6.45, 7) is -0.838. The minimum Gasteiger partial charge on any atom is -0.435 e. The van der Waals surface area contributed by atoms with Crippen molar-refractivity contribution in [3.05, 3.63) is 46.7 Å². The molecule has 1 N–H and O–H groups in total.